The van der Waals surface area contributed by atoms with Crippen molar-refractivity contribution in [2.75, 3.05) is 12.4 Å². The predicted molar refractivity (Wildman–Crippen MR) is 63.9 cm³/mol. The molecule has 0 aliphatic carbocycles. The molecule has 1 amide bonds. The average molecular weight is 231 g/mol. The molecule has 17 heavy (non-hydrogen) atoms. The number of nitrogens with one attached hydrogen (secondary N) is 2. The lowest BCUT2D eigenvalue weighted by atomic mass is 10.1. The van der Waals surface area contributed by atoms with Gasteiger partial charge in [0.2, 0.25) is 0 Å². The summed E-state index contributed by atoms with van der Waals surface area (Å²) in [5.74, 6) is 0. The van der Waals surface area contributed by atoms with Gasteiger partial charge < -0.3 is 9.72 Å². The third kappa shape index (κ3) is 3.07. The fourth-order valence-corrected chi connectivity index (χ4v) is 1.52. The largest absolute Gasteiger partial charge is 0.453 e. The molecule has 88 valence electrons. The maximum absolute atomic E-state index is 11.1. The summed E-state index contributed by atoms with van der Waals surface area (Å²) in [6.07, 6.45) is 3.74. The topological polar surface area (TPSA) is 67.0 Å². The number of rotatable bonds is 3. The smallest absolute Gasteiger partial charge is 0.411 e. The zero-order chi connectivity index (χ0) is 12.1. The molecule has 0 saturated heterocycles. The molecule has 5 heteroatoms. The Kier molecular flexibility index (Phi) is 3.40. The van der Waals surface area contributed by atoms with Gasteiger partial charge in [-0.25, -0.2) is 9.78 Å². The molecule has 0 unspecified atom stereocenters. The Hall–Kier alpha value is -2.30. The highest BCUT2D eigenvalue weighted by Crippen LogP contribution is 2.13. The van der Waals surface area contributed by atoms with Crippen molar-refractivity contribution in [3.05, 3.63) is 48.0 Å². The summed E-state index contributed by atoms with van der Waals surface area (Å²) in [7, 11) is 1.34. The number of hydrogen-bond acceptors (Lipinski definition) is 3. The van der Waals surface area contributed by atoms with E-state index in [1.807, 2.05) is 30.5 Å². The third-order valence-electron chi connectivity index (χ3n) is 2.30. The lowest BCUT2D eigenvalue weighted by Gasteiger charge is -2.05. The van der Waals surface area contributed by atoms with Gasteiger partial charge in [0.15, 0.2) is 0 Å². The van der Waals surface area contributed by atoms with Gasteiger partial charge in [0.25, 0.3) is 0 Å². The van der Waals surface area contributed by atoms with Gasteiger partial charge >= 0.3 is 6.09 Å². The van der Waals surface area contributed by atoms with Crippen LogP contribution >= 0.6 is 0 Å². The van der Waals surface area contributed by atoms with Gasteiger partial charge in [-0.3, -0.25) is 5.32 Å². The fraction of sp³-hybridized carbons (Fsp3) is 0.167. The van der Waals surface area contributed by atoms with Crippen LogP contribution in [0.15, 0.2) is 36.8 Å². The van der Waals surface area contributed by atoms with E-state index in [1.165, 1.54) is 7.11 Å². The van der Waals surface area contributed by atoms with Crippen LogP contribution in [-0.2, 0) is 11.2 Å². The van der Waals surface area contributed by atoms with E-state index in [1.54, 1.807) is 6.33 Å². The number of anilines is 1. The first-order valence-corrected chi connectivity index (χ1v) is 5.19. The molecule has 0 atom stereocenters. The minimum absolute atomic E-state index is 0.470. The van der Waals surface area contributed by atoms with Gasteiger partial charge in [-0.15, -0.1) is 0 Å². The quantitative estimate of drug-likeness (QED) is 0.850. The second-order valence-corrected chi connectivity index (χ2v) is 3.55. The number of imidazole rings is 1. The normalized spacial score (nSPS) is 9.94. The SMILES string of the molecule is COC(=O)Nc1cccc(Cc2c[nH]cn2)c1. The minimum atomic E-state index is -0.470. The summed E-state index contributed by atoms with van der Waals surface area (Å²) in [4.78, 5) is 18.1. The van der Waals surface area contributed by atoms with Crippen LogP contribution in [0.2, 0.25) is 0 Å². The number of amides is 1. The number of nitrogens with zero attached hydrogens (tertiary/aromatic N) is 1. The number of methoxy groups -OCH3 is 1. The van der Waals surface area contributed by atoms with E-state index in [4.69, 9.17) is 0 Å². The number of ether oxygens (including phenoxy) is 1. The molecule has 1 aromatic carbocycles. The second kappa shape index (κ2) is 5.16. The molecule has 0 radical (unpaired) electrons. The first kappa shape index (κ1) is 11.2. The van der Waals surface area contributed by atoms with Gasteiger partial charge in [-0.05, 0) is 17.7 Å². The molecule has 2 N–H and O–H groups in total. The highest BCUT2D eigenvalue weighted by atomic mass is 16.5. The zero-order valence-corrected chi connectivity index (χ0v) is 9.43. The average Bonchev–Trinajstić information content (AvgIpc) is 2.82. The maximum atomic E-state index is 11.1. The van der Waals surface area contributed by atoms with Gasteiger partial charge in [0.05, 0.1) is 19.1 Å². The molecular weight excluding hydrogens is 218 g/mol. The van der Waals surface area contributed by atoms with Gasteiger partial charge in [-0.1, -0.05) is 12.1 Å². The van der Waals surface area contributed by atoms with Gasteiger partial charge in [-0.2, -0.15) is 0 Å². The lowest BCUT2D eigenvalue weighted by molar-refractivity contribution is 0.187. The Morgan fingerprint density at radius 3 is 3.12 bits per heavy atom. The molecule has 1 aromatic heterocycles. The molecule has 0 aliphatic rings. The molecule has 0 spiro atoms. The van der Waals surface area contributed by atoms with Crippen LogP contribution in [0, 0.1) is 0 Å². The van der Waals surface area contributed by atoms with Crippen molar-refractivity contribution in [3.8, 4) is 0 Å². The van der Waals surface area contributed by atoms with Crippen LogP contribution in [0.3, 0.4) is 0 Å². The van der Waals surface area contributed by atoms with Crippen LogP contribution in [0.1, 0.15) is 11.3 Å². The van der Waals surface area contributed by atoms with Crippen molar-refractivity contribution in [3.63, 3.8) is 0 Å². The predicted octanol–water partition coefficient (Wildman–Crippen LogP) is 2.18. The zero-order valence-electron chi connectivity index (χ0n) is 9.43. The van der Waals surface area contributed by atoms with Crippen LogP contribution < -0.4 is 5.32 Å². The number of carbonyl (C=O) groups is 1. The number of carbonyl (C=O) groups excluding carboxylic acids is 1. The summed E-state index contributed by atoms with van der Waals surface area (Å²) >= 11 is 0. The summed E-state index contributed by atoms with van der Waals surface area (Å²) in [6, 6.07) is 7.57. The minimum Gasteiger partial charge on any atom is -0.453 e. The summed E-state index contributed by atoms with van der Waals surface area (Å²) in [5.41, 5.74) is 2.75. The van der Waals surface area contributed by atoms with E-state index >= 15 is 0 Å². The highest BCUT2D eigenvalue weighted by molar-refractivity contribution is 5.84. The molecule has 2 aromatic rings. The first-order chi connectivity index (χ1) is 8.28. The number of H-pyrrole nitrogens is 1. The Balaban J connectivity index is 2.08. The fourth-order valence-electron chi connectivity index (χ4n) is 1.52. The molecule has 0 fully saturated rings. The Morgan fingerprint density at radius 1 is 1.53 bits per heavy atom. The van der Waals surface area contributed by atoms with Crippen LogP contribution in [0.5, 0.6) is 0 Å². The van der Waals surface area contributed by atoms with Crippen molar-refractivity contribution < 1.29 is 9.53 Å². The Labute approximate surface area is 98.8 Å². The molecule has 2 rings (SSSR count). The van der Waals surface area contributed by atoms with E-state index < -0.39 is 6.09 Å². The summed E-state index contributed by atoms with van der Waals surface area (Å²) < 4.78 is 4.53. The van der Waals surface area contributed by atoms with Crippen LogP contribution in [0.25, 0.3) is 0 Å². The second-order valence-electron chi connectivity index (χ2n) is 3.55. The van der Waals surface area contributed by atoms with E-state index in [0.29, 0.717) is 5.69 Å². The maximum Gasteiger partial charge on any atom is 0.411 e. The van der Waals surface area contributed by atoms with Gasteiger partial charge in [0, 0.05) is 18.3 Å². The molecule has 0 aliphatic heterocycles. The number of benzene rings is 1. The molecule has 1 heterocycles. The Bertz CT molecular complexity index is 494. The van der Waals surface area contributed by atoms with E-state index in [-0.39, 0.29) is 0 Å². The first-order valence-electron chi connectivity index (χ1n) is 5.19. The Morgan fingerprint density at radius 2 is 2.41 bits per heavy atom. The highest BCUT2D eigenvalue weighted by Gasteiger charge is 2.02. The molecule has 5 nitrogen and oxygen atoms in total. The van der Waals surface area contributed by atoms with Crippen molar-refractivity contribution in [1.82, 2.24) is 9.97 Å². The van der Waals surface area contributed by atoms with Crippen molar-refractivity contribution >= 4 is 11.8 Å². The van der Waals surface area contributed by atoms with Crippen LogP contribution in [-0.4, -0.2) is 23.2 Å². The van der Waals surface area contributed by atoms with Crippen LogP contribution in [0.4, 0.5) is 10.5 Å². The van der Waals surface area contributed by atoms with E-state index in [0.717, 1.165) is 17.7 Å². The summed E-state index contributed by atoms with van der Waals surface area (Å²) in [6.45, 7) is 0. The number of hydrogen-bond donors (Lipinski definition) is 2. The van der Waals surface area contributed by atoms with Crippen molar-refractivity contribution in [2.24, 2.45) is 0 Å². The van der Waals surface area contributed by atoms with Gasteiger partial charge in [0.1, 0.15) is 0 Å². The molecule has 0 saturated carbocycles. The number of aromatic amines is 1. The standard InChI is InChI=1S/C12H13N3O2/c1-17-12(16)15-10-4-2-3-9(5-10)6-11-7-13-8-14-11/h2-5,7-8H,6H2,1H3,(H,13,14)(H,15,16). The summed E-state index contributed by atoms with van der Waals surface area (Å²) in [5, 5.41) is 2.62. The van der Waals surface area contributed by atoms with Crippen molar-refractivity contribution in [2.45, 2.75) is 6.42 Å². The molecule has 0 bridgehead atoms. The third-order valence-corrected chi connectivity index (χ3v) is 2.30. The lowest BCUT2D eigenvalue weighted by Crippen LogP contribution is -2.10. The van der Waals surface area contributed by atoms with E-state index in [9.17, 15) is 4.79 Å². The number of aromatic nitrogens is 2. The molecular formula is C12H13N3O2. The van der Waals surface area contributed by atoms with Crippen molar-refractivity contribution in [1.29, 1.82) is 0 Å². The monoisotopic (exact) mass is 231 g/mol. The van der Waals surface area contributed by atoms with E-state index in [2.05, 4.69) is 20.0 Å².